The summed E-state index contributed by atoms with van der Waals surface area (Å²) >= 11 is 0. The molecule has 7 nitrogen and oxygen atoms in total. The first-order chi connectivity index (χ1) is 11.6. The number of amides is 1. The highest BCUT2D eigenvalue weighted by molar-refractivity contribution is 5.94. The molecule has 1 aromatic carbocycles. The lowest BCUT2D eigenvalue weighted by atomic mass is 10.0. The molecular formula is C17H17N5O2. The van der Waals surface area contributed by atoms with Gasteiger partial charge in [0.05, 0.1) is 17.8 Å². The van der Waals surface area contributed by atoms with Crippen LogP contribution in [0.1, 0.15) is 39.8 Å². The van der Waals surface area contributed by atoms with Crippen molar-refractivity contribution >= 4 is 5.91 Å². The van der Waals surface area contributed by atoms with Gasteiger partial charge in [0.25, 0.3) is 5.91 Å². The molecule has 3 aromatic rings. The molecule has 1 atom stereocenters. The number of carbonyl (C=O) groups is 1. The maximum Gasteiger partial charge on any atom is 0.254 e. The second-order valence-corrected chi connectivity index (χ2v) is 6.02. The largest absolute Gasteiger partial charge is 0.345 e. The summed E-state index contributed by atoms with van der Waals surface area (Å²) in [6.45, 7) is 1.77. The van der Waals surface area contributed by atoms with Crippen molar-refractivity contribution in [1.29, 1.82) is 0 Å². The minimum atomic E-state index is -0.0983. The lowest BCUT2D eigenvalue weighted by Crippen LogP contribution is -2.26. The van der Waals surface area contributed by atoms with E-state index >= 15 is 0 Å². The maximum absolute atomic E-state index is 12.3. The number of aromatic nitrogens is 4. The van der Waals surface area contributed by atoms with Gasteiger partial charge in [0.1, 0.15) is 0 Å². The normalized spacial score (nSPS) is 16.2. The Balaban J connectivity index is 1.55. The molecule has 2 aromatic heterocycles. The third-order valence-electron chi connectivity index (χ3n) is 4.28. The van der Waals surface area contributed by atoms with Gasteiger partial charge in [-0.3, -0.25) is 9.48 Å². The SMILES string of the molecule is Cc1nc(-c2ccc3c(c2)CC[C@@H]3NC(=O)c2cnn(C)c2)no1. The number of rotatable bonds is 3. The third kappa shape index (κ3) is 2.58. The van der Waals surface area contributed by atoms with Gasteiger partial charge >= 0.3 is 0 Å². The number of aryl methyl sites for hydroxylation is 3. The summed E-state index contributed by atoms with van der Waals surface area (Å²) in [5.74, 6) is 1.05. The molecule has 0 fully saturated rings. The molecule has 4 rings (SSSR count). The Morgan fingerprint density at radius 2 is 2.29 bits per heavy atom. The Morgan fingerprint density at radius 3 is 3.00 bits per heavy atom. The van der Waals surface area contributed by atoms with Gasteiger partial charge in [0.15, 0.2) is 0 Å². The fourth-order valence-corrected chi connectivity index (χ4v) is 3.10. The van der Waals surface area contributed by atoms with E-state index < -0.39 is 0 Å². The summed E-state index contributed by atoms with van der Waals surface area (Å²) in [6.07, 6.45) is 5.09. The molecule has 0 aliphatic heterocycles. The number of fused-ring (bicyclic) bond motifs is 1. The predicted octanol–water partition coefficient (Wildman–Crippen LogP) is 2.20. The molecule has 1 N–H and O–H groups in total. The first-order valence-electron chi connectivity index (χ1n) is 7.83. The van der Waals surface area contributed by atoms with Crippen LogP contribution in [0.4, 0.5) is 0 Å². The second-order valence-electron chi connectivity index (χ2n) is 6.02. The van der Waals surface area contributed by atoms with E-state index in [-0.39, 0.29) is 11.9 Å². The Kier molecular flexibility index (Phi) is 3.41. The van der Waals surface area contributed by atoms with Gasteiger partial charge in [-0.25, -0.2) is 0 Å². The molecule has 2 heterocycles. The number of nitrogens with one attached hydrogen (secondary N) is 1. The second kappa shape index (κ2) is 5.59. The van der Waals surface area contributed by atoms with Crippen LogP contribution in [0.15, 0.2) is 35.1 Å². The van der Waals surface area contributed by atoms with E-state index in [4.69, 9.17) is 4.52 Å². The highest BCUT2D eigenvalue weighted by Crippen LogP contribution is 2.33. The van der Waals surface area contributed by atoms with Crippen molar-refractivity contribution in [3.8, 4) is 11.4 Å². The number of carbonyl (C=O) groups excluding carboxylic acids is 1. The summed E-state index contributed by atoms with van der Waals surface area (Å²) < 4.78 is 6.66. The van der Waals surface area contributed by atoms with Gasteiger partial charge in [-0.2, -0.15) is 10.1 Å². The van der Waals surface area contributed by atoms with Crippen molar-refractivity contribution < 1.29 is 9.32 Å². The van der Waals surface area contributed by atoms with E-state index in [2.05, 4.69) is 26.6 Å². The van der Waals surface area contributed by atoms with Crippen LogP contribution in [0.25, 0.3) is 11.4 Å². The fraction of sp³-hybridized carbons (Fsp3) is 0.294. The molecular weight excluding hydrogens is 306 g/mol. The molecule has 0 saturated carbocycles. The van der Waals surface area contributed by atoms with E-state index in [0.29, 0.717) is 17.3 Å². The Bertz CT molecular complexity index is 911. The molecule has 122 valence electrons. The van der Waals surface area contributed by atoms with E-state index in [1.807, 2.05) is 12.1 Å². The van der Waals surface area contributed by atoms with E-state index in [1.54, 1.807) is 31.0 Å². The van der Waals surface area contributed by atoms with Crippen molar-refractivity contribution in [1.82, 2.24) is 25.2 Å². The quantitative estimate of drug-likeness (QED) is 0.798. The van der Waals surface area contributed by atoms with Crippen molar-refractivity contribution in [2.45, 2.75) is 25.8 Å². The van der Waals surface area contributed by atoms with E-state index in [0.717, 1.165) is 24.0 Å². The van der Waals surface area contributed by atoms with Gasteiger partial charge in [0, 0.05) is 25.7 Å². The summed E-state index contributed by atoms with van der Waals surface area (Å²) in [6, 6.07) is 6.11. The van der Waals surface area contributed by atoms with Crippen molar-refractivity contribution in [2.24, 2.45) is 7.05 Å². The van der Waals surface area contributed by atoms with Crippen LogP contribution in [-0.4, -0.2) is 25.8 Å². The molecule has 0 spiro atoms. The highest BCUT2D eigenvalue weighted by atomic mass is 16.5. The first kappa shape index (κ1) is 14.6. The molecule has 1 aliphatic rings. The minimum Gasteiger partial charge on any atom is -0.345 e. The zero-order chi connectivity index (χ0) is 16.7. The van der Waals surface area contributed by atoms with Crippen LogP contribution in [-0.2, 0) is 13.5 Å². The standard InChI is InChI=1S/C17H17N5O2/c1-10-19-16(21-24-10)12-3-5-14-11(7-12)4-6-15(14)20-17(23)13-8-18-22(2)9-13/h3,5,7-9,15H,4,6H2,1-2H3,(H,20,23)/t15-/m0/s1. The maximum atomic E-state index is 12.3. The summed E-state index contributed by atoms with van der Waals surface area (Å²) in [7, 11) is 1.79. The summed E-state index contributed by atoms with van der Waals surface area (Å²) in [5.41, 5.74) is 3.87. The Hall–Kier alpha value is -2.96. The zero-order valence-electron chi connectivity index (χ0n) is 13.5. The molecule has 1 aliphatic carbocycles. The summed E-state index contributed by atoms with van der Waals surface area (Å²) in [4.78, 5) is 16.6. The van der Waals surface area contributed by atoms with E-state index in [1.165, 1.54) is 5.56 Å². The van der Waals surface area contributed by atoms with E-state index in [9.17, 15) is 4.79 Å². The minimum absolute atomic E-state index is 0.0220. The van der Waals surface area contributed by atoms with Gasteiger partial charge in [-0.1, -0.05) is 17.3 Å². The Labute approximate surface area is 138 Å². The zero-order valence-corrected chi connectivity index (χ0v) is 13.5. The molecule has 0 saturated heterocycles. The number of hydrogen-bond acceptors (Lipinski definition) is 5. The molecule has 1 amide bonds. The Morgan fingerprint density at radius 1 is 1.42 bits per heavy atom. The predicted molar refractivity (Wildman–Crippen MR) is 86.2 cm³/mol. The first-order valence-corrected chi connectivity index (χ1v) is 7.83. The highest BCUT2D eigenvalue weighted by Gasteiger charge is 2.25. The number of benzene rings is 1. The molecule has 7 heteroatoms. The van der Waals surface area contributed by atoms with Crippen LogP contribution >= 0.6 is 0 Å². The lowest BCUT2D eigenvalue weighted by molar-refractivity contribution is 0.0936. The summed E-state index contributed by atoms with van der Waals surface area (Å²) in [5, 5.41) is 11.1. The number of hydrogen-bond donors (Lipinski definition) is 1. The fourth-order valence-electron chi connectivity index (χ4n) is 3.10. The average molecular weight is 323 g/mol. The smallest absolute Gasteiger partial charge is 0.254 e. The molecule has 24 heavy (non-hydrogen) atoms. The van der Waals surface area contributed by atoms with Crippen LogP contribution in [0.3, 0.4) is 0 Å². The van der Waals surface area contributed by atoms with Crippen LogP contribution in [0.2, 0.25) is 0 Å². The monoisotopic (exact) mass is 323 g/mol. The van der Waals surface area contributed by atoms with Gasteiger partial charge in [-0.05, 0) is 30.0 Å². The molecule has 0 bridgehead atoms. The van der Waals surface area contributed by atoms with Crippen LogP contribution in [0.5, 0.6) is 0 Å². The third-order valence-corrected chi connectivity index (χ3v) is 4.28. The number of nitrogens with zero attached hydrogens (tertiary/aromatic N) is 4. The molecule has 0 unspecified atom stereocenters. The topological polar surface area (TPSA) is 85.8 Å². The van der Waals surface area contributed by atoms with Gasteiger partial charge in [-0.15, -0.1) is 0 Å². The van der Waals surface area contributed by atoms with Crippen LogP contribution in [0, 0.1) is 6.92 Å². The molecule has 0 radical (unpaired) electrons. The van der Waals surface area contributed by atoms with Gasteiger partial charge in [0.2, 0.25) is 11.7 Å². The van der Waals surface area contributed by atoms with Gasteiger partial charge < -0.3 is 9.84 Å². The van der Waals surface area contributed by atoms with Crippen molar-refractivity contribution in [3.05, 3.63) is 53.2 Å². The van der Waals surface area contributed by atoms with Crippen LogP contribution < -0.4 is 5.32 Å². The lowest BCUT2D eigenvalue weighted by Gasteiger charge is -2.13. The van der Waals surface area contributed by atoms with Crippen molar-refractivity contribution in [3.63, 3.8) is 0 Å². The van der Waals surface area contributed by atoms with Crippen molar-refractivity contribution in [2.75, 3.05) is 0 Å². The average Bonchev–Trinajstić information content (AvgIpc) is 3.28.